The first-order chi connectivity index (χ1) is 12.4. The molecule has 126 valence electrons. The molecule has 0 amide bonds. The van der Waals surface area contributed by atoms with Gasteiger partial charge in [0.2, 0.25) is 11.8 Å². The summed E-state index contributed by atoms with van der Waals surface area (Å²) in [6, 6.07) is 8.36. The van der Waals surface area contributed by atoms with Gasteiger partial charge in [-0.2, -0.15) is 0 Å². The van der Waals surface area contributed by atoms with Crippen LogP contribution in [0.3, 0.4) is 0 Å². The third kappa shape index (κ3) is 2.69. The minimum atomic E-state index is 0.425. The van der Waals surface area contributed by atoms with E-state index < -0.39 is 0 Å². The number of pyridine rings is 1. The van der Waals surface area contributed by atoms with Crippen molar-refractivity contribution >= 4 is 0 Å². The molecule has 2 aliphatic rings. The van der Waals surface area contributed by atoms with Gasteiger partial charge in [0.25, 0.3) is 0 Å². The molecule has 0 atom stereocenters. The van der Waals surface area contributed by atoms with Crippen LogP contribution in [0, 0.1) is 0 Å². The van der Waals surface area contributed by atoms with Crippen molar-refractivity contribution in [3.8, 4) is 28.3 Å². The van der Waals surface area contributed by atoms with Gasteiger partial charge in [-0.15, -0.1) is 10.2 Å². The molecule has 5 rings (SSSR count). The number of fused-ring (bicyclic) bond motifs is 1. The van der Waals surface area contributed by atoms with E-state index in [4.69, 9.17) is 9.15 Å². The van der Waals surface area contributed by atoms with E-state index in [0.717, 1.165) is 54.2 Å². The molecule has 5 nitrogen and oxygen atoms in total. The van der Waals surface area contributed by atoms with E-state index in [1.165, 1.54) is 18.4 Å². The van der Waals surface area contributed by atoms with Gasteiger partial charge in [-0.05, 0) is 42.2 Å². The molecule has 1 aliphatic carbocycles. The molecule has 0 bridgehead atoms. The molecule has 1 aromatic carbocycles. The van der Waals surface area contributed by atoms with Crippen LogP contribution in [0.5, 0.6) is 5.75 Å². The van der Waals surface area contributed by atoms with Crippen molar-refractivity contribution in [1.82, 2.24) is 15.2 Å². The predicted molar refractivity (Wildman–Crippen MR) is 93.4 cm³/mol. The first-order valence-corrected chi connectivity index (χ1v) is 8.92. The Morgan fingerprint density at radius 1 is 0.920 bits per heavy atom. The highest BCUT2D eigenvalue weighted by atomic mass is 16.5. The largest absolute Gasteiger partial charge is 0.493 e. The summed E-state index contributed by atoms with van der Waals surface area (Å²) in [7, 11) is 0. The average molecular weight is 333 g/mol. The molecular weight excluding hydrogens is 314 g/mol. The van der Waals surface area contributed by atoms with Gasteiger partial charge in [-0.3, -0.25) is 4.98 Å². The molecule has 5 heteroatoms. The van der Waals surface area contributed by atoms with Crippen LogP contribution < -0.4 is 4.74 Å². The van der Waals surface area contributed by atoms with Gasteiger partial charge >= 0.3 is 0 Å². The first kappa shape index (κ1) is 14.6. The van der Waals surface area contributed by atoms with Crippen LogP contribution in [-0.2, 0) is 6.42 Å². The molecule has 0 radical (unpaired) electrons. The van der Waals surface area contributed by atoms with Crippen LogP contribution in [0.15, 0.2) is 41.1 Å². The van der Waals surface area contributed by atoms with E-state index in [1.807, 2.05) is 12.3 Å². The Morgan fingerprint density at radius 2 is 1.80 bits per heavy atom. The zero-order valence-corrected chi connectivity index (χ0v) is 13.9. The van der Waals surface area contributed by atoms with Crippen LogP contribution in [0.4, 0.5) is 0 Å². The lowest BCUT2D eigenvalue weighted by Gasteiger charge is -2.05. The second-order valence-electron chi connectivity index (χ2n) is 6.81. The highest BCUT2D eigenvalue weighted by Gasteiger charge is 2.23. The van der Waals surface area contributed by atoms with E-state index in [-0.39, 0.29) is 0 Å². The molecule has 2 aromatic heterocycles. The molecule has 3 aromatic rings. The highest BCUT2D eigenvalue weighted by molar-refractivity contribution is 5.69. The quantitative estimate of drug-likeness (QED) is 0.711. The molecule has 1 fully saturated rings. The summed E-state index contributed by atoms with van der Waals surface area (Å²) in [5.41, 5.74) is 4.30. The molecule has 25 heavy (non-hydrogen) atoms. The fourth-order valence-corrected chi connectivity index (χ4v) is 3.77. The molecule has 1 aliphatic heterocycles. The van der Waals surface area contributed by atoms with Crippen molar-refractivity contribution in [2.45, 2.75) is 38.0 Å². The maximum atomic E-state index is 5.94. The summed E-state index contributed by atoms with van der Waals surface area (Å²) >= 11 is 0. The Morgan fingerprint density at radius 3 is 2.72 bits per heavy atom. The van der Waals surface area contributed by atoms with Gasteiger partial charge in [0.1, 0.15) is 5.75 Å². The number of rotatable bonds is 3. The van der Waals surface area contributed by atoms with Crippen molar-refractivity contribution in [2.75, 3.05) is 6.61 Å². The second kappa shape index (κ2) is 5.99. The summed E-state index contributed by atoms with van der Waals surface area (Å²) in [6.45, 7) is 0.767. The van der Waals surface area contributed by atoms with Crippen LogP contribution >= 0.6 is 0 Å². The number of ether oxygens (including phenoxy) is 1. The standard InChI is InChI=1S/C20H19N3O2/c1-2-4-13(3-1)19-22-23-20(25-19)17-10-16(11-21-12-17)14-5-6-18-15(9-14)7-8-24-18/h5-6,9-13H,1-4,7-8H2. The van der Waals surface area contributed by atoms with Gasteiger partial charge in [-0.25, -0.2) is 0 Å². The third-order valence-electron chi connectivity index (χ3n) is 5.15. The normalized spacial score (nSPS) is 16.8. The summed E-state index contributed by atoms with van der Waals surface area (Å²) in [4.78, 5) is 4.38. The fraction of sp³-hybridized carbons (Fsp3) is 0.350. The molecule has 3 heterocycles. The van der Waals surface area contributed by atoms with E-state index in [0.29, 0.717) is 11.8 Å². The summed E-state index contributed by atoms with van der Waals surface area (Å²) < 4.78 is 11.5. The molecule has 0 saturated heterocycles. The maximum absolute atomic E-state index is 5.94. The fourth-order valence-electron chi connectivity index (χ4n) is 3.77. The van der Waals surface area contributed by atoms with Gasteiger partial charge in [0.05, 0.1) is 12.2 Å². The monoisotopic (exact) mass is 333 g/mol. The van der Waals surface area contributed by atoms with Crippen molar-refractivity contribution in [3.05, 3.63) is 48.1 Å². The number of nitrogens with zero attached hydrogens (tertiary/aromatic N) is 3. The SMILES string of the molecule is c1cc2c(cc1-c1cncc(-c3nnc(C4CCCC4)o3)c1)CCO2. The predicted octanol–water partition coefficient (Wildman–Crippen LogP) is 4.39. The third-order valence-corrected chi connectivity index (χ3v) is 5.15. The highest BCUT2D eigenvalue weighted by Crippen LogP contribution is 2.35. The number of benzene rings is 1. The lowest BCUT2D eigenvalue weighted by molar-refractivity contribution is 0.357. The van der Waals surface area contributed by atoms with Gasteiger partial charge in [0, 0.05) is 30.3 Å². The minimum Gasteiger partial charge on any atom is -0.493 e. The minimum absolute atomic E-state index is 0.425. The smallest absolute Gasteiger partial charge is 0.249 e. The Hall–Kier alpha value is -2.69. The molecule has 0 spiro atoms. The Labute approximate surface area is 146 Å². The van der Waals surface area contributed by atoms with Gasteiger partial charge in [0.15, 0.2) is 0 Å². The summed E-state index contributed by atoms with van der Waals surface area (Å²) in [6.07, 6.45) is 9.42. The Bertz CT molecular complexity index is 913. The zero-order valence-electron chi connectivity index (χ0n) is 13.9. The zero-order chi connectivity index (χ0) is 16.6. The number of hydrogen-bond donors (Lipinski definition) is 0. The van der Waals surface area contributed by atoms with Gasteiger partial charge < -0.3 is 9.15 Å². The first-order valence-electron chi connectivity index (χ1n) is 8.92. The van der Waals surface area contributed by atoms with Crippen molar-refractivity contribution in [1.29, 1.82) is 0 Å². The number of hydrogen-bond acceptors (Lipinski definition) is 5. The second-order valence-corrected chi connectivity index (χ2v) is 6.81. The van der Waals surface area contributed by atoms with Crippen LogP contribution in [0.25, 0.3) is 22.6 Å². The van der Waals surface area contributed by atoms with E-state index in [1.54, 1.807) is 6.20 Å². The molecular formula is C20H19N3O2. The Balaban J connectivity index is 1.47. The lowest BCUT2D eigenvalue weighted by atomic mass is 10.0. The van der Waals surface area contributed by atoms with Crippen LogP contribution in [-0.4, -0.2) is 21.8 Å². The van der Waals surface area contributed by atoms with E-state index >= 15 is 0 Å². The molecule has 0 unspecified atom stereocenters. The van der Waals surface area contributed by atoms with E-state index in [9.17, 15) is 0 Å². The molecule has 1 saturated carbocycles. The van der Waals surface area contributed by atoms with Crippen molar-refractivity contribution in [3.63, 3.8) is 0 Å². The van der Waals surface area contributed by atoms with Crippen LogP contribution in [0.2, 0.25) is 0 Å². The topological polar surface area (TPSA) is 61.0 Å². The summed E-state index contributed by atoms with van der Waals surface area (Å²) in [5, 5.41) is 8.51. The van der Waals surface area contributed by atoms with E-state index in [2.05, 4.69) is 33.4 Å². The van der Waals surface area contributed by atoms with Gasteiger partial charge in [-0.1, -0.05) is 18.9 Å². The van der Waals surface area contributed by atoms with Crippen molar-refractivity contribution in [2.24, 2.45) is 0 Å². The Kier molecular flexibility index (Phi) is 3.51. The maximum Gasteiger partial charge on any atom is 0.249 e. The van der Waals surface area contributed by atoms with Crippen LogP contribution in [0.1, 0.15) is 43.1 Å². The number of aromatic nitrogens is 3. The average Bonchev–Trinajstić information content (AvgIpc) is 3.41. The summed E-state index contributed by atoms with van der Waals surface area (Å²) in [5.74, 6) is 2.74. The van der Waals surface area contributed by atoms with Crippen molar-refractivity contribution < 1.29 is 9.15 Å². The lowest BCUT2D eigenvalue weighted by Crippen LogP contribution is -1.91. The molecule has 0 N–H and O–H groups in total.